The number of carbonyl (C=O) groups is 2. The van der Waals surface area contributed by atoms with E-state index in [1.165, 1.54) is 7.11 Å². The number of aromatic nitrogens is 1. The van der Waals surface area contributed by atoms with Crippen LogP contribution in [0.2, 0.25) is 0 Å². The van der Waals surface area contributed by atoms with Gasteiger partial charge in [-0.15, -0.1) is 0 Å². The molecule has 0 saturated heterocycles. The third kappa shape index (κ3) is 4.25. The summed E-state index contributed by atoms with van der Waals surface area (Å²) in [5.41, 5.74) is 0.394. The Morgan fingerprint density at radius 3 is 2.56 bits per heavy atom. The Bertz CT molecular complexity index is 448. The van der Waals surface area contributed by atoms with E-state index < -0.39 is 0 Å². The molecule has 1 aromatic rings. The molecule has 0 bridgehead atoms. The van der Waals surface area contributed by atoms with E-state index >= 15 is 0 Å². The molecule has 98 valence electrons. The number of nitrogens with zero attached hydrogens (tertiary/aromatic N) is 1. The lowest BCUT2D eigenvalue weighted by Crippen LogP contribution is -2.06. The largest absolute Gasteiger partial charge is 0.494 e. The molecule has 0 radical (unpaired) electrons. The molecule has 1 heterocycles. The fourth-order valence-corrected chi connectivity index (χ4v) is 2.01. The molecule has 0 aromatic carbocycles. The average molecular weight is 363 g/mol. The molecule has 0 atom stereocenters. The van der Waals surface area contributed by atoms with Crippen LogP contribution in [-0.4, -0.2) is 31.0 Å². The monoisotopic (exact) mass is 363 g/mol. The van der Waals surface area contributed by atoms with E-state index in [-0.39, 0.29) is 24.6 Å². The van der Waals surface area contributed by atoms with Crippen LogP contribution in [0.1, 0.15) is 29.8 Å². The Balaban J connectivity index is 2.56. The van der Waals surface area contributed by atoms with E-state index in [2.05, 4.69) is 9.72 Å². The topological polar surface area (TPSA) is 65.5 Å². The highest BCUT2D eigenvalue weighted by molar-refractivity contribution is 14.1. The molecular weight excluding hydrogens is 349 g/mol. The van der Waals surface area contributed by atoms with E-state index in [0.717, 1.165) is 0 Å². The SMILES string of the molecule is COC(=O)CCCC(=O)c1ccc(OC)c(I)n1. The molecule has 18 heavy (non-hydrogen) atoms. The van der Waals surface area contributed by atoms with Crippen molar-refractivity contribution in [3.05, 3.63) is 21.5 Å². The van der Waals surface area contributed by atoms with Crippen LogP contribution < -0.4 is 4.74 Å². The van der Waals surface area contributed by atoms with Gasteiger partial charge in [0.25, 0.3) is 0 Å². The lowest BCUT2D eigenvalue weighted by atomic mass is 10.1. The van der Waals surface area contributed by atoms with Gasteiger partial charge in [0.05, 0.1) is 14.2 Å². The summed E-state index contributed by atoms with van der Waals surface area (Å²) in [4.78, 5) is 26.9. The highest BCUT2D eigenvalue weighted by Crippen LogP contribution is 2.19. The molecule has 1 aromatic heterocycles. The smallest absolute Gasteiger partial charge is 0.305 e. The van der Waals surface area contributed by atoms with Gasteiger partial charge in [0, 0.05) is 12.8 Å². The van der Waals surface area contributed by atoms with Gasteiger partial charge in [-0.05, 0) is 41.1 Å². The number of esters is 1. The van der Waals surface area contributed by atoms with Gasteiger partial charge in [0.2, 0.25) is 0 Å². The van der Waals surface area contributed by atoms with Gasteiger partial charge in [-0.25, -0.2) is 4.98 Å². The van der Waals surface area contributed by atoms with Crippen LogP contribution in [0.4, 0.5) is 0 Å². The van der Waals surface area contributed by atoms with Gasteiger partial charge in [-0.1, -0.05) is 0 Å². The number of rotatable bonds is 6. The maximum absolute atomic E-state index is 11.8. The lowest BCUT2D eigenvalue weighted by molar-refractivity contribution is -0.140. The summed E-state index contributed by atoms with van der Waals surface area (Å²) < 4.78 is 10.2. The van der Waals surface area contributed by atoms with Gasteiger partial charge in [-0.3, -0.25) is 9.59 Å². The van der Waals surface area contributed by atoms with Crippen LogP contribution in [0.25, 0.3) is 0 Å². The molecule has 0 spiro atoms. The first kappa shape index (κ1) is 14.9. The predicted molar refractivity (Wildman–Crippen MR) is 73.7 cm³/mol. The fraction of sp³-hybridized carbons (Fsp3) is 0.417. The van der Waals surface area contributed by atoms with Crippen molar-refractivity contribution in [2.75, 3.05) is 14.2 Å². The molecule has 0 aliphatic rings. The van der Waals surface area contributed by atoms with E-state index in [1.807, 2.05) is 22.6 Å². The second-order valence-electron chi connectivity index (χ2n) is 3.54. The maximum Gasteiger partial charge on any atom is 0.305 e. The van der Waals surface area contributed by atoms with E-state index in [9.17, 15) is 9.59 Å². The summed E-state index contributed by atoms with van der Waals surface area (Å²) in [5, 5.41) is 0. The fourth-order valence-electron chi connectivity index (χ4n) is 1.35. The molecule has 1 rings (SSSR count). The highest BCUT2D eigenvalue weighted by atomic mass is 127. The minimum absolute atomic E-state index is 0.0838. The Morgan fingerprint density at radius 1 is 1.28 bits per heavy atom. The normalized spacial score (nSPS) is 9.94. The molecule has 0 amide bonds. The molecule has 0 N–H and O–H groups in total. The van der Waals surface area contributed by atoms with E-state index in [0.29, 0.717) is 21.6 Å². The number of hydrogen-bond acceptors (Lipinski definition) is 5. The second-order valence-corrected chi connectivity index (χ2v) is 4.56. The molecule has 0 saturated carbocycles. The number of carbonyl (C=O) groups excluding carboxylic acids is 2. The number of Topliss-reactive ketones (excluding diaryl/α,β-unsaturated/α-hetero) is 1. The highest BCUT2D eigenvalue weighted by Gasteiger charge is 2.11. The molecule has 0 aliphatic carbocycles. The van der Waals surface area contributed by atoms with Crippen molar-refractivity contribution < 1.29 is 19.1 Å². The van der Waals surface area contributed by atoms with Crippen molar-refractivity contribution in [2.45, 2.75) is 19.3 Å². The molecule has 0 aliphatic heterocycles. The van der Waals surface area contributed by atoms with E-state index in [1.54, 1.807) is 19.2 Å². The Morgan fingerprint density at radius 2 is 2.00 bits per heavy atom. The second kappa shape index (κ2) is 7.30. The molecule has 5 nitrogen and oxygen atoms in total. The summed E-state index contributed by atoms with van der Waals surface area (Å²) in [7, 11) is 2.88. The van der Waals surface area contributed by atoms with Gasteiger partial charge < -0.3 is 9.47 Å². The molecule has 6 heteroatoms. The zero-order valence-electron chi connectivity index (χ0n) is 10.2. The van der Waals surface area contributed by atoms with E-state index in [4.69, 9.17) is 4.74 Å². The van der Waals surface area contributed by atoms with Crippen LogP contribution in [0, 0.1) is 3.70 Å². The van der Waals surface area contributed by atoms with Crippen molar-refractivity contribution in [3.63, 3.8) is 0 Å². The van der Waals surface area contributed by atoms with Gasteiger partial charge >= 0.3 is 5.97 Å². The Labute approximate surface area is 119 Å². The summed E-state index contributed by atoms with van der Waals surface area (Å²) in [5.74, 6) is 0.251. The van der Waals surface area contributed by atoms with Crippen molar-refractivity contribution in [3.8, 4) is 5.75 Å². The van der Waals surface area contributed by atoms with Gasteiger partial charge in [-0.2, -0.15) is 0 Å². The van der Waals surface area contributed by atoms with Crippen LogP contribution in [-0.2, 0) is 9.53 Å². The quantitative estimate of drug-likeness (QED) is 0.336. The third-order valence-electron chi connectivity index (χ3n) is 2.33. The molecule has 0 unspecified atom stereocenters. The summed E-state index contributed by atoms with van der Waals surface area (Å²) >= 11 is 2.01. The summed E-state index contributed by atoms with van der Waals surface area (Å²) in [6, 6.07) is 3.34. The number of pyridine rings is 1. The number of methoxy groups -OCH3 is 2. The number of hydrogen-bond donors (Lipinski definition) is 0. The van der Waals surface area contributed by atoms with Crippen LogP contribution in [0.15, 0.2) is 12.1 Å². The number of ether oxygens (including phenoxy) is 2. The zero-order valence-corrected chi connectivity index (χ0v) is 12.4. The first-order valence-electron chi connectivity index (χ1n) is 5.39. The summed E-state index contributed by atoms with van der Waals surface area (Å²) in [6.45, 7) is 0. The van der Waals surface area contributed by atoms with Crippen LogP contribution >= 0.6 is 22.6 Å². The zero-order chi connectivity index (χ0) is 13.5. The Hall–Kier alpha value is -1.18. The van der Waals surface area contributed by atoms with Crippen LogP contribution in [0.5, 0.6) is 5.75 Å². The van der Waals surface area contributed by atoms with Crippen molar-refractivity contribution >= 4 is 34.3 Å². The van der Waals surface area contributed by atoms with Gasteiger partial charge in [0.15, 0.2) is 11.5 Å². The van der Waals surface area contributed by atoms with Crippen molar-refractivity contribution in [1.82, 2.24) is 4.98 Å². The minimum atomic E-state index is -0.305. The molecular formula is C12H14INO4. The molecule has 0 fully saturated rings. The average Bonchev–Trinajstić information content (AvgIpc) is 2.38. The van der Waals surface area contributed by atoms with Gasteiger partial charge in [0.1, 0.15) is 9.39 Å². The van der Waals surface area contributed by atoms with Crippen molar-refractivity contribution in [1.29, 1.82) is 0 Å². The third-order valence-corrected chi connectivity index (χ3v) is 3.11. The maximum atomic E-state index is 11.8. The predicted octanol–water partition coefficient (Wildman–Crippen LogP) is 2.22. The van der Waals surface area contributed by atoms with Crippen LogP contribution in [0.3, 0.4) is 0 Å². The lowest BCUT2D eigenvalue weighted by Gasteiger charge is -2.04. The number of ketones is 1. The Kier molecular flexibility index (Phi) is 6.03. The standard InChI is InChI=1S/C12H14INO4/c1-17-10-7-6-8(14-12(10)13)9(15)4-3-5-11(16)18-2/h6-7H,3-5H2,1-2H3. The first-order chi connectivity index (χ1) is 8.58. The first-order valence-corrected chi connectivity index (χ1v) is 6.47. The van der Waals surface area contributed by atoms with Crippen molar-refractivity contribution in [2.24, 2.45) is 0 Å². The minimum Gasteiger partial charge on any atom is -0.494 e. The number of halogens is 1. The summed E-state index contributed by atoms with van der Waals surface area (Å²) in [6.07, 6.45) is 0.996.